The molecule has 0 spiro atoms. The Morgan fingerprint density at radius 3 is 2.16 bits per heavy atom. The molecular weight excluding hydrogens is 270 g/mol. The number of sulfonamides is 1. The molecule has 1 atom stereocenters. The van der Waals surface area contributed by atoms with E-state index in [0.29, 0.717) is 0 Å². The van der Waals surface area contributed by atoms with E-state index in [0.717, 1.165) is 18.1 Å². The van der Waals surface area contributed by atoms with Gasteiger partial charge in [-0.15, -0.1) is 0 Å². The van der Waals surface area contributed by atoms with E-state index in [1.807, 2.05) is 6.07 Å². The van der Waals surface area contributed by atoms with Gasteiger partial charge in [-0.2, -0.15) is 0 Å². The highest BCUT2D eigenvalue weighted by Gasteiger charge is 2.31. The minimum atomic E-state index is -3.85. The minimum Gasteiger partial charge on any atom is -0.479 e. The van der Waals surface area contributed by atoms with Gasteiger partial charge in [0, 0.05) is 0 Å². The van der Waals surface area contributed by atoms with E-state index in [2.05, 4.69) is 4.72 Å². The second kappa shape index (κ2) is 5.28. The molecule has 0 radical (unpaired) electrons. The van der Waals surface area contributed by atoms with Crippen LogP contribution in [-0.2, 0) is 14.8 Å². The van der Waals surface area contributed by atoms with E-state index >= 15 is 0 Å². The topological polar surface area (TPSA) is 104 Å². The quantitative estimate of drug-likeness (QED) is 0.728. The van der Waals surface area contributed by atoms with Crippen LogP contribution in [0.5, 0.6) is 0 Å². The van der Waals surface area contributed by atoms with E-state index in [1.165, 1.54) is 12.1 Å². The smallest absolute Gasteiger partial charge is 0.336 e. The van der Waals surface area contributed by atoms with Gasteiger partial charge in [0.2, 0.25) is 10.0 Å². The van der Waals surface area contributed by atoms with E-state index in [-0.39, 0.29) is 4.90 Å². The highest BCUT2D eigenvalue weighted by molar-refractivity contribution is 7.89. The van der Waals surface area contributed by atoms with Gasteiger partial charge < -0.3 is 10.2 Å². The lowest BCUT2D eigenvalue weighted by Crippen LogP contribution is -2.46. The van der Waals surface area contributed by atoms with Crippen LogP contribution in [0.4, 0.5) is 0 Å². The van der Waals surface area contributed by atoms with Crippen molar-refractivity contribution in [2.45, 2.75) is 31.3 Å². The summed E-state index contributed by atoms with van der Waals surface area (Å²) < 4.78 is 26.1. The average molecular weight is 287 g/mol. The molecule has 1 aromatic rings. The number of hydrogen-bond acceptors (Lipinski definition) is 4. The van der Waals surface area contributed by atoms with Gasteiger partial charge in [-0.25, -0.2) is 17.9 Å². The molecule has 0 aromatic heterocycles. The maximum atomic E-state index is 12.0. The number of benzene rings is 1. The number of carboxylic acids is 1. The molecule has 6 nitrogen and oxygen atoms in total. The van der Waals surface area contributed by atoms with E-state index in [1.54, 1.807) is 13.8 Å². The largest absolute Gasteiger partial charge is 0.479 e. The highest BCUT2D eigenvalue weighted by Crippen LogP contribution is 2.14. The minimum absolute atomic E-state index is 0.0474. The second-order valence-corrected chi connectivity index (χ2v) is 6.49. The van der Waals surface area contributed by atoms with Gasteiger partial charge in [0.1, 0.15) is 0 Å². The summed E-state index contributed by atoms with van der Waals surface area (Å²) in [5, 5.41) is 18.2. The van der Waals surface area contributed by atoms with Crippen molar-refractivity contribution in [1.82, 2.24) is 4.72 Å². The molecule has 19 heavy (non-hydrogen) atoms. The van der Waals surface area contributed by atoms with Crippen LogP contribution in [-0.4, -0.2) is 36.7 Å². The van der Waals surface area contributed by atoms with Gasteiger partial charge in [0.15, 0.2) is 5.60 Å². The van der Waals surface area contributed by atoms with Crippen LogP contribution in [0.25, 0.3) is 0 Å². The summed E-state index contributed by atoms with van der Waals surface area (Å²) in [4.78, 5) is 10.7. The number of aliphatic hydroxyl groups is 1. The maximum absolute atomic E-state index is 12.0. The number of rotatable bonds is 5. The van der Waals surface area contributed by atoms with E-state index in [9.17, 15) is 18.3 Å². The molecule has 106 valence electrons. The lowest BCUT2D eigenvalue weighted by molar-refractivity contribution is -0.155. The molecule has 7 heteroatoms. The summed E-state index contributed by atoms with van der Waals surface area (Å²) in [5.41, 5.74) is -0.581. The molecule has 0 aliphatic carbocycles. The Balaban J connectivity index is 2.97. The van der Waals surface area contributed by atoms with E-state index < -0.39 is 28.1 Å². The maximum Gasteiger partial charge on any atom is 0.336 e. The molecule has 0 aliphatic rings. The fourth-order valence-corrected chi connectivity index (χ4v) is 2.80. The number of hydrogen-bond donors (Lipinski definition) is 3. The Kier molecular flexibility index (Phi) is 4.34. The Morgan fingerprint density at radius 1 is 1.26 bits per heavy atom. The first-order chi connectivity index (χ1) is 8.54. The van der Waals surface area contributed by atoms with Gasteiger partial charge in [-0.3, -0.25) is 0 Å². The molecule has 0 bridgehead atoms. The average Bonchev–Trinajstić information content (AvgIpc) is 2.25. The molecule has 0 saturated carbocycles. The molecule has 0 amide bonds. The lowest BCUT2D eigenvalue weighted by atomic mass is 10.1. The number of carbonyl (C=O) groups is 1. The van der Waals surface area contributed by atoms with Gasteiger partial charge in [0.25, 0.3) is 0 Å². The molecule has 3 N–H and O–H groups in total. The molecule has 0 aliphatic heterocycles. The van der Waals surface area contributed by atoms with Crippen LogP contribution >= 0.6 is 0 Å². The molecule has 0 fully saturated rings. The predicted octanol–water partition coefficient (Wildman–Crippen LogP) is 0.417. The zero-order chi connectivity index (χ0) is 14.8. The van der Waals surface area contributed by atoms with Crippen molar-refractivity contribution >= 4 is 16.0 Å². The summed E-state index contributed by atoms with van der Waals surface area (Å²) in [6.45, 7) is 3.95. The zero-order valence-electron chi connectivity index (χ0n) is 11.0. The van der Waals surface area contributed by atoms with Gasteiger partial charge >= 0.3 is 5.97 Å². The Hall–Kier alpha value is -1.44. The first-order valence-corrected chi connectivity index (χ1v) is 7.07. The third-order valence-electron chi connectivity index (χ3n) is 2.57. The number of aliphatic carboxylic acids is 1. The van der Waals surface area contributed by atoms with Crippen LogP contribution < -0.4 is 4.72 Å². The fraction of sp³-hybridized carbons (Fsp3) is 0.417. The first kappa shape index (κ1) is 15.6. The third-order valence-corrected chi connectivity index (χ3v) is 3.95. The number of nitrogens with one attached hydrogen (secondary N) is 1. The molecule has 0 saturated heterocycles. The van der Waals surface area contributed by atoms with Crippen LogP contribution in [0, 0.1) is 13.8 Å². The normalized spacial score (nSPS) is 14.9. The van der Waals surface area contributed by atoms with Crippen molar-refractivity contribution in [3.63, 3.8) is 0 Å². The van der Waals surface area contributed by atoms with Crippen LogP contribution in [0.1, 0.15) is 18.1 Å². The molecule has 0 heterocycles. The number of aryl methyl sites for hydroxylation is 2. The predicted molar refractivity (Wildman–Crippen MR) is 69.4 cm³/mol. The summed E-state index contributed by atoms with van der Waals surface area (Å²) >= 11 is 0. The monoisotopic (exact) mass is 287 g/mol. The Bertz CT molecular complexity index is 572. The standard InChI is InChI=1S/C12H17NO5S/c1-8-4-9(2)6-10(5-8)19(17,18)13-7-12(3,16)11(14)15/h4-6,13,16H,7H2,1-3H3,(H,14,15). The Labute approximate surface area is 112 Å². The first-order valence-electron chi connectivity index (χ1n) is 5.58. The molecular formula is C12H17NO5S. The van der Waals surface area contributed by atoms with Gasteiger partial charge in [-0.05, 0) is 44.0 Å². The second-order valence-electron chi connectivity index (χ2n) is 4.73. The molecule has 1 aromatic carbocycles. The van der Waals surface area contributed by atoms with Crippen LogP contribution in [0.3, 0.4) is 0 Å². The van der Waals surface area contributed by atoms with Gasteiger partial charge in [-0.1, -0.05) is 6.07 Å². The Morgan fingerprint density at radius 2 is 1.74 bits per heavy atom. The summed E-state index contributed by atoms with van der Waals surface area (Å²) in [6, 6.07) is 4.78. The van der Waals surface area contributed by atoms with Crippen LogP contribution in [0.2, 0.25) is 0 Å². The van der Waals surface area contributed by atoms with Crippen molar-refractivity contribution in [2.24, 2.45) is 0 Å². The summed E-state index contributed by atoms with van der Waals surface area (Å²) in [5.74, 6) is -1.49. The molecule has 1 unspecified atom stereocenters. The van der Waals surface area contributed by atoms with Crippen molar-refractivity contribution in [3.8, 4) is 0 Å². The molecule has 1 rings (SSSR count). The highest BCUT2D eigenvalue weighted by atomic mass is 32.2. The van der Waals surface area contributed by atoms with Gasteiger partial charge in [0.05, 0.1) is 11.4 Å². The van der Waals surface area contributed by atoms with Crippen molar-refractivity contribution < 1.29 is 23.4 Å². The van der Waals surface area contributed by atoms with Crippen molar-refractivity contribution in [2.75, 3.05) is 6.54 Å². The summed E-state index contributed by atoms with van der Waals surface area (Å²) in [6.07, 6.45) is 0. The lowest BCUT2D eigenvalue weighted by Gasteiger charge is -2.18. The zero-order valence-corrected chi connectivity index (χ0v) is 11.8. The summed E-state index contributed by atoms with van der Waals surface area (Å²) in [7, 11) is -3.85. The van der Waals surface area contributed by atoms with Crippen LogP contribution in [0.15, 0.2) is 23.1 Å². The fourth-order valence-electron chi connectivity index (χ4n) is 1.48. The van der Waals surface area contributed by atoms with E-state index in [4.69, 9.17) is 5.11 Å². The number of carboxylic acid groups (broad SMARTS) is 1. The van der Waals surface area contributed by atoms with Crippen molar-refractivity contribution in [3.05, 3.63) is 29.3 Å². The third kappa shape index (κ3) is 4.02. The van der Waals surface area contributed by atoms with Crippen molar-refractivity contribution in [1.29, 1.82) is 0 Å². The SMILES string of the molecule is Cc1cc(C)cc(S(=O)(=O)NCC(C)(O)C(=O)O)c1.